The topological polar surface area (TPSA) is 111 Å². The van der Waals surface area contributed by atoms with E-state index < -0.39 is 0 Å². The van der Waals surface area contributed by atoms with Gasteiger partial charge in [0, 0.05) is 28.1 Å². The Balaban J connectivity index is 1.39. The predicted molar refractivity (Wildman–Crippen MR) is 138 cm³/mol. The van der Waals surface area contributed by atoms with Crippen molar-refractivity contribution in [3.8, 4) is 34.5 Å². The number of nitrogens with two attached hydrogens (primary N) is 1. The molecule has 0 saturated heterocycles. The summed E-state index contributed by atoms with van der Waals surface area (Å²) in [6.07, 6.45) is 3.63. The van der Waals surface area contributed by atoms with Crippen molar-refractivity contribution in [1.29, 1.82) is 5.26 Å². The summed E-state index contributed by atoms with van der Waals surface area (Å²) in [4.78, 5) is 18.5. The van der Waals surface area contributed by atoms with E-state index in [4.69, 9.17) is 20.4 Å². The number of nitrogen functional groups attached to an aromatic ring is 1. The largest absolute Gasteiger partial charge is 0.474 e. The number of ether oxygens (including phenoxy) is 1. The normalized spacial score (nSPS) is 13.8. The van der Waals surface area contributed by atoms with E-state index in [1.807, 2.05) is 66.7 Å². The van der Waals surface area contributed by atoms with Crippen molar-refractivity contribution >= 4 is 16.7 Å². The van der Waals surface area contributed by atoms with Crippen molar-refractivity contribution in [2.75, 3.05) is 12.3 Å². The molecule has 3 heterocycles. The highest BCUT2D eigenvalue weighted by Gasteiger charge is 2.47. The second-order valence-corrected chi connectivity index (χ2v) is 8.98. The van der Waals surface area contributed by atoms with Crippen LogP contribution in [-0.4, -0.2) is 26.5 Å². The lowest BCUT2D eigenvalue weighted by atomic mass is 10.0. The number of fused-ring (bicyclic) bond motifs is 1. The molecule has 2 N–H and O–H groups in total. The van der Waals surface area contributed by atoms with E-state index in [1.165, 1.54) is 0 Å². The van der Waals surface area contributed by atoms with Crippen LogP contribution in [0.25, 0.3) is 33.4 Å². The minimum absolute atomic E-state index is 0.231. The molecule has 0 bridgehead atoms. The smallest absolute Gasteiger partial charge is 0.257 e. The lowest BCUT2D eigenvalue weighted by molar-refractivity contribution is 0.266. The zero-order valence-corrected chi connectivity index (χ0v) is 19.4. The van der Waals surface area contributed by atoms with E-state index in [0.29, 0.717) is 29.6 Å². The molecule has 2 aromatic carbocycles. The molecule has 0 unspecified atom stereocenters. The van der Waals surface area contributed by atoms with E-state index in [0.717, 1.165) is 40.6 Å². The van der Waals surface area contributed by atoms with Crippen LogP contribution in [0.5, 0.6) is 5.88 Å². The van der Waals surface area contributed by atoms with Gasteiger partial charge in [-0.1, -0.05) is 48.5 Å². The average Bonchev–Trinajstić information content (AvgIpc) is 3.74. The highest BCUT2D eigenvalue weighted by Crippen LogP contribution is 2.48. The van der Waals surface area contributed by atoms with Crippen molar-refractivity contribution < 1.29 is 4.74 Å². The van der Waals surface area contributed by atoms with Gasteiger partial charge in [0.25, 0.3) is 5.88 Å². The molecule has 0 atom stereocenters. The molecule has 174 valence electrons. The highest BCUT2D eigenvalue weighted by molar-refractivity contribution is 5.87. The van der Waals surface area contributed by atoms with E-state index in [9.17, 15) is 5.26 Å². The first kappa shape index (κ1) is 21.7. The first-order valence-electron chi connectivity index (χ1n) is 11.7. The van der Waals surface area contributed by atoms with Crippen LogP contribution in [0.4, 0.5) is 5.82 Å². The van der Waals surface area contributed by atoms with Gasteiger partial charge >= 0.3 is 0 Å². The molecule has 0 radical (unpaired) electrons. The van der Waals surface area contributed by atoms with E-state index in [2.05, 4.69) is 22.1 Å². The predicted octanol–water partition coefficient (Wildman–Crippen LogP) is 5.32. The summed E-state index contributed by atoms with van der Waals surface area (Å²) < 4.78 is 6.20. The number of hydrogen-bond acceptors (Lipinski definition) is 7. The third-order valence-corrected chi connectivity index (χ3v) is 6.56. The quantitative estimate of drug-likeness (QED) is 0.358. The van der Waals surface area contributed by atoms with Gasteiger partial charge in [-0.25, -0.2) is 15.0 Å². The summed E-state index contributed by atoms with van der Waals surface area (Å²) in [5.74, 6) is 0.522. The van der Waals surface area contributed by atoms with Crippen molar-refractivity contribution in [3.05, 3.63) is 96.4 Å². The molecule has 36 heavy (non-hydrogen) atoms. The number of anilines is 1. The molecular formula is C29H22N6O. The number of nitrogens with zero attached hydrogens (tertiary/aromatic N) is 5. The Labute approximate surface area is 208 Å². The summed E-state index contributed by atoms with van der Waals surface area (Å²) in [5, 5.41) is 10.2. The highest BCUT2D eigenvalue weighted by atomic mass is 16.5. The molecule has 0 spiro atoms. The number of benzene rings is 2. The Bertz CT molecular complexity index is 1620. The summed E-state index contributed by atoms with van der Waals surface area (Å²) in [6.45, 7) is 0.361. The van der Waals surface area contributed by atoms with Gasteiger partial charge in [0.05, 0.1) is 16.9 Å². The first-order valence-corrected chi connectivity index (χ1v) is 11.7. The lowest BCUT2D eigenvalue weighted by Gasteiger charge is -2.18. The van der Waals surface area contributed by atoms with Crippen molar-refractivity contribution in [2.24, 2.45) is 0 Å². The fraction of sp³-hybridized carbons (Fsp3) is 0.138. The van der Waals surface area contributed by atoms with E-state index in [1.54, 1.807) is 12.3 Å². The van der Waals surface area contributed by atoms with Crippen LogP contribution >= 0.6 is 0 Å². The summed E-state index contributed by atoms with van der Waals surface area (Å²) in [6, 6.07) is 27.4. The third-order valence-electron chi connectivity index (χ3n) is 6.56. The fourth-order valence-corrected chi connectivity index (χ4v) is 4.38. The zero-order chi connectivity index (χ0) is 24.5. The van der Waals surface area contributed by atoms with Crippen molar-refractivity contribution in [2.45, 2.75) is 18.3 Å². The van der Waals surface area contributed by atoms with Crippen LogP contribution in [-0.2, 0) is 5.41 Å². The molecule has 0 aliphatic heterocycles. The fourth-order valence-electron chi connectivity index (χ4n) is 4.38. The summed E-state index contributed by atoms with van der Waals surface area (Å²) in [5.41, 5.74) is 11.5. The lowest BCUT2D eigenvalue weighted by Crippen LogP contribution is -2.20. The SMILES string of the molecule is N#Cc1cccc(C2(COc3nc(-c4ccc5ncccc5c4)c(-c4ccccc4)nc3N)CC2)n1. The number of rotatable bonds is 6. The molecule has 1 fully saturated rings. The van der Waals surface area contributed by atoms with Crippen LogP contribution in [0, 0.1) is 11.3 Å². The maximum atomic E-state index is 9.23. The van der Waals surface area contributed by atoms with Crippen LogP contribution < -0.4 is 10.5 Å². The molecule has 5 aromatic rings. The van der Waals surface area contributed by atoms with Crippen LogP contribution in [0.3, 0.4) is 0 Å². The molecule has 1 saturated carbocycles. The second kappa shape index (κ2) is 8.75. The average molecular weight is 471 g/mol. The minimum Gasteiger partial charge on any atom is -0.474 e. The van der Waals surface area contributed by atoms with Gasteiger partial charge in [0.2, 0.25) is 0 Å². The molecule has 7 heteroatoms. The van der Waals surface area contributed by atoms with Gasteiger partial charge in [-0.15, -0.1) is 0 Å². The molecule has 7 nitrogen and oxygen atoms in total. The van der Waals surface area contributed by atoms with E-state index in [-0.39, 0.29) is 11.2 Å². The molecule has 6 rings (SSSR count). The Morgan fingerprint density at radius 1 is 0.861 bits per heavy atom. The van der Waals surface area contributed by atoms with Gasteiger partial charge in [-0.05, 0) is 43.2 Å². The van der Waals surface area contributed by atoms with E-state index >= 15 is 0 Å². The Morgan fingerprint density at radius 3 is 2.50 bits per heavy atom. The Morgan fingerprint density at radius 2 is 1.69 bits per heavy atom. The van der Waals surface area contributed by atoms with Crippen LogP contribution in [0.2, 0.25) is 0 Å². The number of hydrogen-bond donors (Lipinski definition) is 1. The molecule has 3 aromatic heterocycles. The monoisotopic (exact) mass is 470 g/mol. The van der Waals surface area contributed by atoms with Gasteiger partial charge in [0.15, 0.2) is 5.82 Å². The second-order valence-electron chi connectivity index (χ2n) is 8.98. The van der Waals surface area contributed by atoms with Crippen molar-refractivity contribution in [3.63, 3.8) is 0 Å². The standard InChI is InChI=1S/C29H22N6O/c30-17-22-9-4-10-24(33-22)29(13-14-29)18-36-28-27(31)34-25(19-6-2-1-3-7-19)26(35-28)21-11-12-23-20(16-21)8-5-15-32-23/h1-12,15-16H,13-14,18H2,(H2,31,34). The van der Waals surface area contributed by atoms with Gasteiger partial charge in [-0.2, -0.15) is 5.26 Å². The van der Waals surface area contributed by atoms with Gasteiger partial charge in [0.1, 0.15) is 24.1 Å². The minimum atomic E-state index is -0.242. The zero-order valence-electron chi connectivity index (χ0n) is 19.4. The van der Waals surface area contributed by atoms with Gasteiger partial charge in [-0.3, -0.25) is 4.98 Å². The Kier molecular flexibility index (Phi) is 5.27. The maximum absolute atomic E-state index is 9.23. The maximum Gasteiger partial charge on any atom is 0.257 e. The number of aromatic nitrogens is 4. The third kappa shape index (κ3) is 3.99. The van der Waals surface area contributed by atoms with Crippen molar-refractivity contribution in [1.82, 2.24) is 19.9 Å². The van der Waals surface area contributed by atoms with Gasteiger partial charge < -0.3 is 10.5 Å². The summed E-state index contributed by atoms with van der Waals surface area (Å²) >= 11 is 0. The molecular weight excluding hydrogens is 448 g/mol. The molecule has 0 amide bonds. The van der Waals surface area contributed by atoms with Crippen LogP contribution in [0.1, 0.15) is 24.2 Å². The molecule has 1 aliphatic carbocycles. The van der Waals surface area contributed by atoms with Crippen LogP contribution in [0.15, 0.2) is 85.1 Å². The number of pyridine rings is 2. The molecule has 1 aliphatic rings. The summed E-state index contributed by atoms with van der Waals surface area (Å²) in [7, 11) is 0. The first-order chi connectivity index (χ1) is 17.6. The Hall–Kier alpha value is -4.83. The number of nitriles is 1.